The van der Waals surface area contributed by atoms with Crippen LogP contribution in [0.1, 0.15) is 28.8 Å². The summed E-state index contributed by atoms with van der Waals surface area (Å²) in [5.74, 6) is -1.72. The van der Waals surface area contributed by atoms with Gasteiger partial charge in [0.25, 0.3) is 11.6 Å². The molecule has 2 heterocycles. The molecule has 0 aromatic heterocycles. The molecular weight excluding hydrogens is 402 g/mol. The third kappa shape index (κ3) is 4.14. The maximum atomic E-state index is 13.3. The monoisotopic (exact) mass is 425 g/mol. The molecule has 2 aliphatic heterocycles. The predicted octanol–water partition coefficient (Wildman–Crippen LogP) is 2.51. The second-order valence-electron chi connectivity index (χ2n) is 7.86. The first-order valence-corrected chi connectivity index (χ1v) is 10.1. The number of non-ortho nitro benzene ring substituents is 1. The Balaban J connectivity index is 1.56. The van der Waals surface area contributed by atoms with Gasteiger partial charge in [0.2, 0.25) is 0 Å². The lowest BCUT2D eigenvalue weighted by Crippen LogP contribution is -2.58. The molecule has 1 unspecified atom stereocenters. The van der Waals surface area contributed by atoms with Gasteiger partial charge in [0.1, 0.15) is 5.72 Å². The summed E-state index contributed by atoms with van der Waals surface area (Å²) in [6.45, 7) is 1.94. The maximum absolute atomic E-state index is 13.3. The molecule has 2 aromatic rings. The van der Waals surface area contributed by atoms with Crippen LogP contribution in [0.5, 0.6) is 0 Å². The van der Waals surface area contributed by atoms with E-state index in [2.05, 4.69) is 17.0 Å². The minimum atomic E-state index is -1.15. The Bertz CT molecular complexity index is 988. The minimum absolute atomic E-state index is 0.0806. The first-order valence-electron chi connectivity index (χ1n) is 10.1. The number of hydrogen-bond donors (Lipinski definition) is 1. The summed E-state index contributed by atoms with van der Waals surface area (Å²) >= 11 is 0. The van der Waals surface area contributed by atoms with Gasteiger partial charge in [-0.15, -0.1) is 0 Å². The van der Waals surface area contributed by atoms with Crippen LogP contribution < -0.4 is 0 Å². The molecule has 2 fully saturated rings. The van der Waals surface area contributed by atoms with Crippen LogP contribution in [0.15, 0.2) is 54.6 Å². The van der Waals surface area contributed by atoms with Crippen molar-refractivity contribution in [2.45, 2.75) is 31.2 Å². The van der Waals surface area contributed by atoms with Crippen molar-refractivity contribution in [3.05, 3.63) is 75.8 Å². The number of aliphatic carboxylic acids is 1. The lowest BCUT2D eigenvalue weighted by Gasteiger charge is -2.44. The van der Waals surface area contributed by atoms with E-state index in [0.29, 0.717) is 25.9 Å². The number of carboxylic acids is 1. The van der Waals surface area contributed by atoms with Crippen LogP contribution >= 0.6 is 0 Å². The Morgan fingerprint density at radius 2 is 1.84 bits per heavy atom. The number of ether oxygens (including phenoxy) is 1. The molecule has 1 amide bonds. The third-order valence-electron chi connectivity index (χ3n) is 5.95. The van der Waals surface area contributed by atoms with Crippen LogP contribution in [0, 0.1) is 10.1 Å². The largest absolute Gasteiger partial charge is 0.480 e. The zero-order valence-corrected chi connectivity index (χ0v) is 16.8. The fourth-order valence-electron chi connectivity index (χ4n) is 4.35. The van der Waals surface area contributed by atoms with Crippen molar-refractivity contribution in [2.24, 2.45) is 0 Å². The number of nitro benzene ring substituents is 1. The van der Waals surface area contributed by atoms with Gasteiger partial charge in [-0.05, 0) is 11.6 Å². The Kier molecular flexibility index (Phi) is 5.71. The van der Waals surface area contributed by atoms with Gasteiger partial charge in [0.15, 0.2) is 6.04 Å². The second-order valence-corrected chi connectivity index (χ2v) is 7.86. The molecule has 9 nitrogen and oxygen atoms in total. The number of amides is 1. The zero-order chi connectivity index (χ0) is 22.0. The SMILES string of the molecule is O=C(O)C1COC2(CCN(Cc3ccccc3)CC2)N1C(=O)c1cccc([N+](=O)[O-])c1. The number of carboxylic acid groups (broad SMARTS) is 1. The lowest BCUT2D eigenvalue weighted by atomic mass is 9.96. The average molecular weight is 425 g/mol. The van der Waals surface area contributed by atoms with E-state index in [1.165, 1.54) is 34.7 Å². The Hall–Kier alpha value is -3.30. The topological polar surface area (TPSA) is 113 Å². The number of benzene rings is 2. The summed E-state index contributed by atoms with van der Waals surface area (Å²) in [5.41, 5.74) is 0.0122. The van der Waals surface area contributed by atoms with E-state index >= 15 is 0 Å². The number of rotatable bonds is 5. The highest BCUT2D eigenvalue weighted by molar-refractivity contribution is 5.98. The first kappa shape index (κ1) is 21.0. The summed E-state index contributed by atoms with van der Waals surface area (Å²) in [7, 11) is 0. The van der Waals surface area contributed by atoms with E-state index in [-0.39, 0.29) is 17.9 Å². The molecule has 0 radical (unpaired) electrons. The van der Waals surface area contributed by atoms with Gasteiger partial charge in [-0.2, -0.15) is 0 Å². The predicted molar refractivity (Wildman–Crippen MR) is 110 cm³/mol. The molecule has 2 aliphatic rings. The van der Waals surface area contributed by atoms with Crippen molar-refractivity contribution < 1.29 is 24.4 Å². The quantitative estimate of drug-likeness (QED) is 0.578. The molecule has 162 valence electrons. The summed E-state index contributed by atoms with van der Waals surface area (Å²) in [6.07, 6.45) is 0.925. The molecule has 0 bridgehead atoms. The Morgan fingerprint density at radius 3 is 2.48 bits per heavy atom. The van der Waals surface area contributed by atoms with Gasteiger partial charge in [0, 0.05) is 50.2 Å². The summed E-state index contributed by atoms with van der Waals surface area (Å²) in [6, 6.07) is 14.3. The number of nitrogens with zero attached hydrogens (tertiary/aromatic N) is 3. The molecule has 2 saturated heterocycles. The molecule has 1 N–H and O–H groups in total. The summed E-state index contributed by atoms with van der Waals surface area (Å²) < 4.78 is 5.95. The zero-order valence-electron chi connectivity index (χ0n) is 16.8. The normalized spacial score (nSPS) is 20.6. The lowest BCUT2D eigenvalue weighted by molar-refractivity contribution is -0.384. The molecule has 4 rings (SSSR count). The fraction of sp³-hybridized carbons (Fsp3) is 0.364. The van der Waals surface area contributed by atoms with Crippen molar-refractivity contribution in [1.29, 1.82) is 0 Å². The molecule has 1 spiro atoms. The molecular formula is C22H23N3O6. The van der Waals surface area contributed by atoms with Crippen molar-refractivity contribution >= 4 is 17.6 Å². The Labute approximate surface area is 179 Å². The minimum Gasteiger partial charge on any atom is -0.480 e. The van der Waals surface area contributed by atoms with Crippen molar-refractivity contribution in [3.63, 3.8) is 0 Å². The summed E-state index contributed by atoms with van der Waals surface area (Å²) in [4.78, 5) is 39.2. The first-order chi connectivity index (χ1) is 14.9. The van der Waals surface area contributed by atoms with E-state index in [0.717, 1.165) is 6.54 Å². The maximum Gasteiger partial charge on any atom is 0.328 e. The van der Waals surface area contributed by atoms with Crippen LogP contribution in [0.25, 0.3) is 0 Å². The number of hydrogen-bond acceptors (Lipinski definition) is 6. The van der Waals surface area contributed by atoms with E-state index in [4.69, 9.17) is 4.74 Å². The number of carbonyl (C=O) groups excluding carboxylic acids is 1. The highest BCUT2D eigenvalue weighted by Gasteiger charge is 2.54. The highest BCUT2D eigenvalue weighted by atomic mass is 16.6. The van der Waals surface area contributed by atoms with Gasteiger partial charge < -0.3 is 9.84 Å². The van der Waals surface area contributed by atoms with Crippen LogP contribution in [0.4, 0.5) is 5.69 Å². The molecule has 31 heavy (non-hydrogen) atoms. The van der Waals surface area contributed by atoms with Gasteiger partial charge in [-0.25, -0.2) is 4.79 Å². The molecule has 1 atom stereocenters. The second kappa shape index (κ2) is 8.44. The van der Waals surface area contributed by atoms with Crippen molar-refractivity contribution in [2.75, 3.05) is 19.7 Å². The average Bonchev–Trinajstić information content (AvgIpc) is 3.15. The Morgan fingerprint density at radius 1 is 1.13 bits per heavy atom. The summed E-state index contributed by atoms with van der Waals surface area (Å²) in [5, 5.41) is 20.8. The van der Waals surface area contributed by atoms with Gasteiger partial charge in [-0.3, -0.25) is 24.7 Å². The fourth-order valence-corrected chi connectivity index (χ4v) is 4.35. The highest BCUT2D eigenvalue weighted by Crippen LogP contribution is 2.39. The van der Waals surface area contributed by atoms with E-state index in [9.17, 15) is 24.8 Å². The van der Waals surface area contributed by atoms with E-state index in [1.807, 2.05) is 18.2 Å². The number of nitro groups is 1. The van der Waals surface area contributed by atoms with Crippen LogP contribution in [-0.2, 0) is 16.1 Å². The van der Waals surface area contributed by atoms with Crippen molar-refractivity contribution in [3.8, 4) is 0 Å². The van der Waals surface area contributed by atoms with Gasteiger partial charge >= 0.3 is 5.97 Å². The number of piperidine rings is 1. The standard InChI is InChI=1S/C22H23N3O6/c26-20(17-7-4-8-18(13-17)25(29)30)24-19(21(27)28)15-31-22(24)9-11-23(12-10-22)14-16-5-2-1-3-6-16/h1-8,13,19H,9-12,14-15H2,(H,27,28). The molecule has 9 heteroatoms. The molecule has 0 saturated carbocycles. The van der Waals surface area contributed by atoms with Crippen LogP contribution in [0.3, 0.4) is 0 Å². The molecule has 0 aliphatic carbocycles. The number of carbonyl (C=O) groups is 2. The van der Waals surface area contributed by atoms with Crippen molar-refractivity contribution in [1.82, 2.24) is 9.80 Å². The van der Waals surface area contributed by atoms with Gasteiger partial charge in [-0.1, -0.05) is 36.4 Å². The van der Waals surface area contributed by atoms with E-state index in [1.54, 1.807) is 0 Å². The van der Waals surface area contributed by atoms with Gasteiger partial charge in [0.05, 0.1) is 11.5 Å². The molecule has 2 aromatic carbocycles. The van der Waals surface area contributed by atoms with Crippen LogP contribution in [-0.4, -0.2) is 63.2 Å². The number of likely N-dealkylation sites (tertiary alicyclic amines) is 1. The van der Waals surface area contributed by atoms with E-state index < -0.39 is 28.6 Å². The van der Waals surface area contributed by atoms with Crippen LogP contribution in [0.2, 0.25) is 0 Å². The smallest absolute Gasteiger partial charge is 0.328 e. The third-order valence-corrected chi connectivity index (χ3v) is 5.95.